The molecule has 0 saturated carbocycles. The monoisotopic (exact) mass is 246 g/mol. The smallest absolute Gasteiger partial charge is 0.0107 e. The third kappa shape index (κ3) is 3.33. The second-order valence-corrected chi connectivity index (χ2v) is 5.60. The normalized spacial score (nSPS) is 17.9. The van der Waals surface area contributed by atoms with Gasteiger partial charge in [-0.2, -0.15) is 0 Å². The van der Waals surface area contributed by atoms with Crippen molar-refractivity contribution in [1.82, 2.24) is 10.2 Å². The van der Waals surface area contributed by atoms with Crippen molar-refractivity contribution in [2.24, 2.45) is 0 Å². The summed E-state index contributed by atoms with van der Waals surface area (Å²) in [5, 5.41) is 3.50. The minimum absolute atomic E-state index is 0.591. The lowest BCUT2D eigenvalue weighted by Crippen LogP contribution is -2.39. The van der Waals surface area contributed by atoms with Crippen LogP contribution in [0, 0.1) is 0 Å². The Morgan fingerprint density at radius 1 is 1.33 bits per heavy atom. The fraction of sp³-hybridized carbons (Fsp3) is 0.625. The van der Waals surface area contributed by atoms with Crippen LogP contribution < -0.4 is 5.32 Å². The summed E-state index contributed by atoms with van der Waals surface area (Å²) in [6.45, 7) is 11.3. The molecule has 0 amide bonds. The van der Waals surface area contributed by atoms with Gasteiger partial charge in [0.05, 0.1) is 0 Å². The molecule has 1 aliphatic carbocycles. The van der Waals surface area contributed by atoms with Crippen molar-refractivity contribution >= 4 is 0 Å². The Bertz CT molecular complexity index is 373. The van der Waals surface area contributed by atoms with Crippen LogP contribution in [0.3, 0.4) is 0 Å². The zero-order chi connectivity index (χ0) is 13.0. The highest BCUT2D eigenvalue weighted by Gasteiger charge is 2.26. The van der Waals surface area contributed by atoms with Gasteiger partial charge in [0.25, 0.3) is 0 Å². The molecule has 0 saturated heterocycles. The summed E-state index contributed by atoms with van der Waals surface area (Å²) in [4.78, 5) is 2.57. The summed E-state index contributed by atoms with van der Waals surface area (Å²) in [6, 6.07) is 9.47. The highest BCUT2D eigenvalue weighted by atomic mass is 15.1. The molecule has 18 heavy (non-hydrogen) atoms. The van der Waals surface area contributed by atoms with E-state index in [0.717, 1.165) is 25.6 Å². The maximum Gasteiger partial charge on any atom is 0.0107 e. The van der Waals surface area contributed by atoms with Crippen molar-refractivity contribution in [2.75, 3.05) is 26.2 Å². The van der Waals surface area contributed by atoms with Gasteiger partial charge in [0.15, 0.2) is 0 Å². The molecule has 0 aliphatic heterocycles. The van der Waals surface area contributed by atoms with Gasteiger partial charge in [-0.3, -0.25) is 0 Å². The molecule has 0 heterocycles. The predicted octanol–water partition coefficient (Wildman–Crippen LogP) is 2.65. The molecule has 0 bridgehead atoms. The first kappa shape index (κ1) is 13.6. The van der Waals surface area contributed by atoms with Gasteiger partial charge in [-0.05, 0) is 24.1 Å². The number of hydrogen-bond acceptors (Lipinski definition) is 2. The molecule has 1 aromatic carbocycles. The standard InChI is InChI=1S/C16H26N2/c1-4-18(10-9-17-13(2)3)12-15-11-14-7-5-6-8-16(14)15/h5-8,13,15,17H,4,9-12H2,1-3H3. The fourth-order valence-electron chi connectivity index (χ4n) is 2.73. The molecule has 100 valence electrons. The predicted molar refractivity (Wildman–Crippen MR) is 78.1 cm³/mol. The van der Waals surface area contributed by atoms with Crippen LogP contribution in [0.2, 0.25) is 0 Å². The van der Waals surface area contributed by atoms with Crippen molar-refractivity contribution in [3.63, 3.8) is 0 Å². The van der Waals surface area contributed by atoms with Gasteiger partial charge >= 0.3 is 0 Å². The molecular weight excluding hydrogens is 220 g/mol. The average Bonchev–Trinajstić information content (AvgIpc) is 2.33. The highest BCUT2D eigenvalue weighted by molar-refractivity contribution is 5.40. The first-order chi connectivity index (χ1) is 8.70. The van der Waals surface area contributed by atoms with Crippen LogP contribution in [0.5, 0.6) is 0 Å². The molecule has 1 unspecified atom stereocenters. The van der Waals surface area contributed by atoms with Crippen LogP contribution in [-0.2, 0) is 6.42 Å². The Labute approximate surface area is 111 Å². The highest BCUT2D eigenvalue weighted by Crippen LogP contribution is 2.35. The van der Waals surface area contributed by atoms with E-state index in [-0.39, 0.29) is 0 Å². The third-order valence-corrected chi connectivity index (χ3v) is 3.87. The minimum Gasteiger partial charge on any atom is -0.313 e. The van der Waals surface area contributed by atoms with Gasteiger partial charge in [0.2, 0.25) is 0 Å². The third-order valence-electron chi connectivity index (χ3n) is 3.87. The molecule has 0 fully saturated rings. The number of likely N-dealkylation sites (N-methyl/N-ethyl adjacent to an activating group) is 1. The Morgan fingerprint density at radius 3 is 2.78 bits per heavy atom. The van der Waals surface area contributed by atoms with Gasteiger partial charge in [-0.1, -0.05) is 45.0 Å². The summed E-state index contributed by atoms with van der Waals surface area (Å²) in [7, 11) is 0. The molecule has 0 aromatic heterocycles. The fourth-order valence-corrected chi connectivity index (χ4v) is 2.73. The average molecular weight is 246 g/mol. The maximum atomic E-state index is 3.50. The summed E-state index contributed by atoms with van der Waals surface area (Å²) < 4.78 is 0. The zero-order valence-electron chi connectivity index (χ0n) is 11.9. The van der Waals surface area contributed by atoms with Crippen molar-refractivity contribution in [3.8, 4) is 0 Å². The second kappa shape index (κ2) is 6.35. The van der Waals surface area contributed by atoms with Crippen LogP contribution in [0.25, 0.3) is 0 Å². The molecule has 0 spiro atoms. The van der Waals surface area contributed by atoms with Crippen molar-refractivity contribution in [2.45, 2.75) is 39.2 Å². The molecule has 2 rings (SSSR count). The zero-order valence-corrected chi connectivity index (χ0v) is 11.9. The van der Waals surface area contributed by atoms with Gasteiger partial charge in [0, 0.05) is 31.6 Å². The lowest BCUT2D eigenvalue weighted by Gasteiger charge is -2.34. The van der Waals surface area contributed by atoms with Crippen LogP contribution >= 0.6 is 0 Å². The summed E-state index contributed by atoms with van der Waals surface area (Å²) in [5.74, 6) is 0.764. The van der Waals surface area contributed by atoms with E-state index in [4.69, 9.17) is 0 Å². The Balaban J connectivity index is 1.78. The van der Waals surface area contributed by atoms with Crippen LogP contribution in [0.1, 0.15) is 37.8 Å². The van der Waals surface area contributed by atoms with Gasteiger partial charge in [0.1, 0.15) is 0 Å². The molecule has 0 radical (unpaired) electrons. The van der Waals surface area contributed by atoms with E-state index in [1.54, 1.807) is 11.1 Å². The molecule has 1 N–H and O–H groups in total. The van der Waals surface area contributed by atoms with Gasteiger partial charge in [-0.25, -0.2) is 0 Å². The number of hydrogen-bond donors (Lipinski definition) is 1. The van der Waals surface area contributed by atoms with Crippen LogP contribution in [0.15, 0.2) is 24.3 Å². The first-order valence-electron chi connectivity index (χ1n) is 7.24. The Hall–Kier alpha value is -0.860. The topological polar surface area (TPSA) is 15.3 Å². The Kier molecular flexibility index (Phi) is 4.79. The maximum absolute atomic E-state index is 3.50. The number of rotatable bonds is 7. The first-order valence-corrected chi connectivity index (χ1v) is 7.24. The van der Waals surface area contributed by atoms with Crippen molar-refractivity contribution < 1.29 is 0 Å². The number of benzene rings is 1. The molecule has 1 atom stereocenters. The lowest BCUT2D eigenvalue weighted by molar-refractivity contribution is 0.257. The van der Waals surface area contributed by atoms with Crippen LogP contribution in [-0.4, -0.2) is 37.1 Å². The van der Waals surface area contributed by atoms with E-state index in [0.29, 0.717) is 6.04 Å². The second-order valence-electron chi connectivity index (χ2n) is 5.60. The molecule has 2 heteroatoms. The lowest BCUT2D eigenvalue weighted by atomic mass is 9.77. The van der Waals surface area contributed by atoms with E-state index >= 15 is 0 Å². The number of nitrogens with zero attached hydrogens (tertiary/aromatic N) is 1. The van der Waals surface area contributed by atoms with Crippen molar-refractivity contribution in [1.29, 1.82) is 0 Å². The van der Waals surface area contributed by atoms with E-state index < -0.39 is 0 Å². The van der Waals surface area contributed by atoms with E-state index in [2.05, 4.69) is 55.3 Å². The van der Waals surface area contributed by atoms with Gasteiger partial charge < -0.3 is 10.2 Å². The molecule has 2 nitrogen and oxygen atoms in total. The summed E-state index contributed by atoms with van der Waals surface area (Å²) >= 11 is 0. The SMILES string of the molecule is CCN(CCNC(C)C)CC1Cc2ccccc21. The molecule has 1 aliphatic rings. The quantitative estimate of drug-likeness (QED) is 0.795. The van der Waals surface area contributed by atoms with Crippen molar-refractivity contribution in [3.05, 3.63) is 35.4 Å². The Morgan fingerprint density at radius 2 is 2.11 bits per heavy atom. The number of nitrogens with one attached hydrogen (secondary N) is 1. The molecular formula is C16H26N2. The van der Waals surface area contributed by atoms with Crippen LogP contribution in [0.4, 0.5) is 0 Å². The van der Waals surface area contributed by atoms with E-state index in [1.807, 2.05) is 0 Å². The molecule has 1 aromatic rings. The van der Waals surface area contributed by atoms with E-state index in [9.17, 15) is 0 Å². The number of fused-ring (bicyclic) bond motifs is 1. The largest absolute Gasteiger partial charge is 0.313 e. The summed E-state index contributed by atoms with van der Waals surface area (Å²) in [5.41, 5.74) is 3.13. The summed E-state index contributed by atoms with van der Waals surface area (Å²) in [6.07, 6.45) is 1.27. The minimum atomic E-state index is 0.591. The van der Waals surface area contributed by atoms with E-state index in [1.165, 1.54) is 13.0 Å². The van der Waals surface area contributed by atoms with Gasteiger partial charge in [-0.15, -0.1) is 0 Å².